The van der Waals surface area contributed by atoms with E-state index in [4.69, 9.17) is 4.74 Å². The van der Waals surface area contributed by atoms with Crippen molar-refractivity contribution in [3.8, 4) is 5.75 Å². The number of fused-ring (bicyclic) bond motifs is 1. The number of nitrogens with one attached hydrogen (secondary N) is 1. The molecule has 1 saturated carbocycles. The summed E-state index contributed by atoms with van der Waals surface area (Å²) in [6, 6.07) is 12.3. The monoisotopic (exact) mass is 414 g/mol. The van der Waals surface area contributed by atoms with Crippen LogP contribution in [0.25, 0.3) is 0 Å². The lowest BCUT2D eigenvalue weighted by atomic mass is 10.2. The number of rotatable bonds is 7. The molecule has 0 bridgehead atoms. The third-order valence-electron chi connectivity index (χ3n) is 5.39. The molecule has 7 heteroatoms. The van der Waals surface area contributed by atoms with Gasteiger partial charge in [-0.05, 0) is 68.5 Å². The van der Waals surface area contributed by atoms with Gasteiger partial charge in [0.2, 0.25) is 15.9 Å². The van der Waals surface area contributed by atoms with Gasteiger partial charge in [0.05, 0.1) is 10.9 Å². The van der Waals surface area contributed by atoms with E-state index >= 15 is 0 Å². The van der Waals surface area contributed by atoms with Gasteiger partial charge in [-0.1, -0.05) is 18.2 Å². The number of carbonyl (C=O) groups is 1. The van der Waals surface area contributed by atoms with Crippen LogP contribution in [0.15, 0.2) is 47.4 Å². The van der Waals surface area contributed by atoms with Gasteiger partial charge in [-0.25, -0.2) is 13.1 Å². The molecule has 1 aliphatic carbocycles. The Morgan fingerprint density at radius 2 is 2.00 bits per heavy atom. The molecule has 0 radical (unpaired) electrons. The zero-order chi connectivity index (χ0) is 20.6. The number of sulfonamides is 1. The van der Waals surface area contributed by atoms with E-state index in [-0.39, 0.29) is 29.4 Å². The Bertz CT molecular complexity index is 1030. The molecule has 29 heavy (non-hydrogen) atoms. The SMILES string of the molecule is Cc1ccccc1OC[C@H](C)NS(=O)(=O)c1ccc2c(c1)CCN2C(=O)C1CC1. The molecule has 1 aliphatic heterocycles. The number of anilines is 1. The second-order valence-electron chi connectivity index (χ2n) is 7.90. The molecule has 1 fully saturated rings. The first-order valence-corrected chi connectivity index (χ1v) is 11.5. The maximum atomic E-state index is 12.8. The average Bonchev–Trinajstić information content (AvgIpc) is 3.45. The predicted octanol–water partition coefficient (Wildman–Crippen LogP) is 3.04. The van der Waals surface area contributed by atoms with Gasteiger partial charge >= 0.3 is 0 Å². The molecule has 0 spiro atoms. The average molecular weight is 415 g/mol. The predicted molar refractivity (Wildman–Crippen MR) is 112 cm³/mol. The number of amides is 1. The molecule has 6 nitrogen and oxygen atoms in total. The molecule has 0 aromatic heterocycles. The highest BCUT2D eigenvalue weighted by atomic mass is 32.2. The summed E-state index contributed by atoms with van der Waals surface area (Å²) in [5.41, 5.74) is 2.76. The van der Waals surface area contributed by atoms with E-state index in [1.807, 2.05) is 31.2 Å². The van der Waals surface area contributed by atoms with Crippen LogP contribution in [-0.2, 0) is 21.2 Å². The Morgan fingerprint density at radius 1 is 1.24 bits per heavy atom. The summed E-state index contributed by atoms with van der Waals surface area (Å²) in [7, 11) is -3.67. The van der Waals surface area contributed by atoms with Gasteiger partial charge in [-0.2, -0.15) is 0 Å². The third kappa shape index (κ3) is 4.31. The zero-order valence-electron chi connectivity index (χ0n) is 16.7. The van der Waals surface area contributed by atoms with E-state index < -0.39 is 10.0 Å². The number of aryl methyl sites for hydroxylation is 1. The molecular formula is C22H26N2O4S. The normalized spacial score (nSPS) is 17.1. The van der Waals surface area contributed by atoms with Gasteiger partial charge in [0, 0.05) is 18.2 Å². The molecular weight excluding hydrogens is 388 g/mol. The van der Waals surface area contributed by atoms with Crippen LogP contribution < -0.4 is 14.4 Å². The van der Waals surface area contributed by atoms with Crippen LogP contribution in [0, 0.1) is 12.8 Å². The Hall–Kier alpha value is -2.38. The maximum Gasteiger partial charge on any atom is 0.240 e. The summed E-state index contributed by atoms with van der Waals surface area (Å²) in [5.74, 6) is 1.07. The van der Waals surface area contributed by atoms with Crippen molar-refractivity contribution >= 4 is 21.6 Å². The van der Waals surface area contributed by atoms with Crippen molar-refractivity contribution in [2.24, 2.45) is 5.92 Å². The van der Waals surface area contributed by atoms with Gasteiger partial charge in [-0.3, -0.25) is 4.79 Å². The Kier molecular flexibility index (Phi) is 5.36. The topological polar surface area (TPSA) is 75.7 Å². The molecule has 2 aliphatic rings. The first-order valence-electron chi connectivity index (χ1n) is 10.0. The highest BCUT2D eigenvalue weighted by Gasteiger charge is 2.36. The quantitative estimate of drug-likeness (QED) is 0.756. The van der Waals surface area contributed by atoms with Crippen molar-refractivity contribution in [2.45, 2.75) is 44.0 Å². The summed E-state index contributed by atoms with van der Waals surface area (Å²) in [5, 5.41) is 0. The maximum absolute atomic E-state index is 12.8. The lowest BCUT2D eigenvalue weighted by molar-refractivity contribution is -0.119. The van der Waals surface area contributed by atoms with Crippen molar-refractivity contribution < 1.29 is 17.9 Å². The second-order valence-corrected chi connectivity index (χ2v) is 9.62. The minimum Gasteiger partial charge on any atom is -0.492 e. The molecule has 4 rings (SSSR count). The van der Waals surface area contributed by atoms with Gasteiger partial charge in [0.25, 0.3) is 0 Å². The van der Waals surface area contributed by atoms with Crippen LogP contribution >= 0.6 is 0 Å². The number of hydrogen-bond donors (Lipinski definition) is 1. The number of benzene rings is 2. The highest BCUT2D eigenvalue weighted by molar-refractivity contribution is 7.89. The van der Waals surface area contributed by atoms with Crippen molar-refractivity contribution in [3.05, 3.63) is 53.6 Å². The summed E-state index contributed by atoms with van der Waals surface area (Å²) in [6.45, 7) is 4.59. The fraction of sp³-hybridized carbons (Fsp3) is 0.409. The van der Waals surface area contributed by atoms with Gasteiger partial charge in [0.15, 0.2) is 0 Å². The first kappa shape index (κ1) is 19.9. The van der Waals surface area contributed by atoms with E-state index in [9.17, 15) is 13.2 Å². The second kappa shape index (κ2) is 7.80. The van der Waals surface area contributed by atoms with E-state index in [0.29, 0.717) is 13.0 Å². The summed E-state index contributed by atoms with van der Waals surface area (Å²) in [4.78, 5) is 14.4. The summed E-state index contributed by atoms with van der Waals surface area (Å²) < 4.78 is 34.0. The molecule has 0 saturated heterocycles. The molecule has 1 heterocycles. The van der Waals surface area contributed by atoms with Crippen LogP contribution in [0.1, 0.15) is 30.9 Å². The molecule has 154 valence electrons. The number of carbonyl (C=O) groups excluding carboxylic acids is 1. The van der Waals surface area contributed by atoms with Crippen LogP contribution in [-0.4, -0.2) is 33.5 Å². The van der Waals surface area contributed by atoms with Gasteiger partial charge in [-0.15, -0.1) is 0 Å². The standard InChI is InChI=1S/C22H26N2O4S/c1-15-5-3-4-6-21(15)28-14-16(2)23-29(26,27)19-9-10-20-18(13-19)11-12-24(20)22(25)17-7-8-17/h3-6,9-10,13,16-17,23H,7-8,11-12,14H2,1-2H3/t16-/m0/s1. The lowest BCUT2D eigenvalue weighted by Gasteiger charge is -2.18. The first-order chi connectivity index (χ1) is 13.8. The van der Waals surface area contributed by atoms with Crippen molar-refractivity contribution in [1.82, 2.24) is 4.72 Å². The molecule has 1 amide bonds. The van der Waals surface area contributed by atoms with Crippen molar-refractivity contribution in [3.63, 3.8) is 0 Å². The highest BCUT2D eigenvalue weighted by Crippen LogP contribution is 2.37. The van der Waals surface area contributed by atoms with Crippen LogP contribution in [0.5, 0.6) is 5.75 Å². The number of para-hydroxylation sites is 1. The summed E-state index contributed by atoms with van der Waals surface area (Å²) in [6.07, 6.45) is 2.61. The molecule has 2 aromatic carbocycles. The zero-order valence-corrected chi connectivity index (χ0v) is 17.5. The van der Waals surface area contributed by atoms with E-state index in [1.54, 1.807) is 30.0 Å². The smallest absolute Gasteiger partial charge is 0.240 e. The Morgan fingerprint density at radius 3 is 2.72 bits per heavy atom. The molecule has 2 aromatic rings. The Labute approximate surface area is 171 Å². The third-order valence-corrected chi connectivity index (χ3v) is 6.98. The number of ether oxygens (including phenoxy) is 1. The van der Waals surface area contributed by atoms with Crippen LogP contribution in [0.4, 0.5) is 5.69 Å². The minimum atomic E-state index is -3.67. The molecule has 1 N–H and O–H groups in total. The van der Waals surface area contributed by atoms with Crippen LogP contribution in [0.3, 0.4) is 0 Å². The lowest BCUT2D eigenvalue weighted by Crippen LogP contribution is -2.36. The van der Waals surface area contributed by atoms with E-state index in [0.717, 1.165) is 35.4 Å². The van der Waals surface area contributed by atoms with Crippen molar-refractivity contribution in [1.29, 1.82) is 0 Å². The van der Waals surface area contributed by atoms with Gasteiger partial charge in [0.1, 0.15) is 12.4 Å². The largest absolute Gasteiger partial charge is 0.492 e. The molecule has 0 unspecified atom stereocenters. The molecule has 1 atom stereocenters. The van der Waals surface area contributed by atoms with E-state index in [2.05, 4.69) is 4.72 Å². The number of hydrogen-bond acceptors (Lipinski definition) is 4. The Balaban J connectivity index is 1.42. The minimum absolute atomic E-state index is 0.153. The van der Waals surface area contributed by atoms with Gasteiger partial charge < -0.3 is 9.64 Å². The van der Waals surface area contributed by atoms with Crippen LogP contribution in [0.2, 0.25) is 0 Å². The number of nitrogens with zero attached hydrogens (tertiary/aromatic N) is 1. The fourth-order valence-corrected chi connectivity index (χ4v) is 4.90. The fourth-order valence-electron chi connectivity index (χ4n) is 3.62. The van der Waals surface area contributed by atoms with E-state index in [1.165, 1.54) is 0 Å². The summed E-state index contributed by atoms with van der Waals surface area (Å²) >= 11 is 0. The van der Waals surface area contributed by atoms with Crippen molar-refractivity contribution in [2.75, 3.05) is 18.1 Å².